The number of benzene rings is 1. The lowest BCUT2D eigenvalue weighted by Gasteiger charge is -2.37. The van der Waals surface area contributed by atoms with E-state index in [4.69, 9.17) is 16.3 Å². The van der Waals surface area contributed by atoms with Gasteiger partial charge in [0.05, 0.1) is 30.1 Å². The topological polar surface area (TPSA) is 49.9 Å². The highest BCUT2D eigenvalue weighted by Gasteiger charge is 2.37. The zero-order chi connectivity index (χ0) is 15.1. The minimum atomic E-state index is -0.487. The van der Waals surface area contributed by atoms with E-state index in [1.54, 1.807) is 18.2 Å². The molecule has 21 heavy (non-hydrogen) atoms. The summed E-state index contributed by atoms with van der Waals surface area (Å²) in [5.74, 6) is -0.971. The van der Waals surface area contributed by atoms with E-state index < -0.39 is 11.7 Å². The van der Waals surface area contributed by atoms with Gasteiger partial charge in [-0.15, -0.1) is 0 Å². The number of rotatable bonds is 2. The summed E-state index contributed by atoms with van der Waals surface area (Å²) in [4.78, 5) is 27.9. The van der Waals surface area contributed by atoms with E-state index in [0.29, 0.717) is 22.9 Å². The molecule has 112 valence electrons. The molecule has 5 nitrogen and oxygen atoms in total. The van der Waals surface area contributed by atoms with Crippen LogP contribution >= 0.6 is 11.6 Å². The van der Waals surface area contributed by atoms with Gasteiger partial charge >= 0.3 is 5.91 Å². The first kappa shape index (κ1) is 14.5. The smallest absolute Gasteiger partial charge is 0.300 e. The van der Waals surface area contributed by atoms with Crippen molar-refractivity contribution in [3.05, 3.63) is 28.8 Å². The van der Waals surface area contributed by atoms with Gasteiger partial charge in [0.1, 0.15) is 0 Å². The van der Waals surface area contributed by atoms with Crippen molar-refractivity contribution in [1.29, 1.82) is 0 Å². The maximum Gasteiger partial charge on any atom is 0.300 e. The maximum absolute atomic E-state index is 12.2. The summed E-state index contributed by atoms with van der Waals surface area (Å²) in [5.41, 5.74) is 1.03. The van der Waals surface area contributed by atoms with Crippen molar-refractivity contribution in [3.63, 3.8) is 0 Å². The Morgan fingerprint density at radius 2 is 1.90 bits per heavy atom. The Morgan fingerprint density at radius 1 is 1.24 bits per heavy atom. The molecule has 0 spiro atoms. The van der Waals surface area contributed by atoms with Gasteiger partial charge < -0.3 is 4.74 Å². The summed E-state index contributed by atoms with van der Waals surface area (Å²) in [6, 6.07) is 4.99. The normalized spacial score (nSPS) is 26.3. The number of nitrogens with zero attached hydrogens (tertiary/aromatic N) is 2. The fourth-order valence-electron chi connectivity index (χ4n) is 3.01. The number of Topliss-reactive ketones (excluding diaryl/α,β-unsaturated/α-hetero) is 1. The zero-order valence-corrected chi connectivity index (χ0v) is 12.8. The van der Waals surface area contributed by atoms with Gasteiger partial charge in [0.2, 0.25) is 0 Å². The maximum atomic E-state index is 12.2. The number of halogens is 1. The molecule has 0 aromatic heterocycles. The molecule has 1 amide bonds. The molecular weight excluding hydrogens is 292 g/mol. The van der Waals surface area contributed by atoms with Crippen LogP contribution in [0.3, 0.4) is 0 Å². The van der Waals surface area contributed by atoms with Crippen LogP contribution in [0.1, 0.15) is 24.2 Å². The van der Waals surface area contributed by atoms with E-state index >= 15 is 0 Å². The van der Waals surface area contributed by atoms with Crippen LogP contribution < -0.4 is 4.90 Å². The van der Waals surface area contributed by atoms with E-state index in [9.17, 15) is 9.59 Å². The second kappa shape index (κ2) is 5.40. The summed E-state index contributed by atoms with van der Waals surface area (Å²) in [6.07, 6.45) is 0.235. The number of anilines is 1. The first-order chi connectivity index (χ1) is 9.95. The average molecular weight is 309 g/mol. The Morgan fingerprint density at radius 3 is 2.57 bits per heavy atom. The largest absolute Gasteiger partial charge is 0.373 e. The zero-order valence-electron chi connectivity index (χ0n) is 12.0. The summed E-state index contributed by atoms with van der Waals surface area (Å²) in [6.45, 7) is 5.90. The predicted octanol–water partition coefficient (Wildman–Crippen LogP) is 1.94. The van der Waals surface area contributed by atoms with Gasteiger partial charge in [-0.1, -0.05) is 11.6 Å². The minimum Gasteiger partial charge on any atom is -0.373 e. The molecule has 0 bridgehead atoms. The van der Waals surface area contributed by atoms with E-state index in [1.165, 1.54) is 4.90 Å². The number of carbonyl (C=O) groups is 2. The van der Waals surface area contributed by atoms with Crippen molar-refractivity contribution in [1.82, 2.24) is 4.90 Å². The number of fused-ring (bicyclic) bond motifs is 1. The van der Waals surface area contributed by atoms with Gasteiger partial charge in [-0.2, -0.15) is 0 Å². The Labute approximate surface area is 128 Å². The van der Waals surface area contributed by atoms with Crippen LogP contribution in [0.25, 0.3) is 0 Å². The third-order valence-electron chi connectivity index (χ3n) is 3.77. The SMILES string of the molecule is C[C@H]1CN(CN2C(=O)C(=O)c3cc(Cl)ccc32)C[C@H](C)O1. The van der Waals surface area contributed by atoms with Crippen LogP contribution in [0, 0.1) is 0 Å². The van der Waals surface area contributed by atoms with Crippen molar-refractivity contribution in [2.24, 2.45) is 0 Å². The lowest BCUT2D eigenvalue weighted by molar-refractivity contribution is -0.115. The molecule has 2 aliphatic rings. The van der Waals surface area contributed by atoms with Crippen molar-refractivity contribution in [2.45, 2.75) is 26.1 Å². The average Bonchev–Trinajstić information content (AvgIpc) is 2.63. The van der Waals surface area contributed by atoms with Crippen molar-refractivity contribution in [2.75, 3.05) is 24.7 Å². The molecular formula is C15H17ClN2O3. The third kappa shape index (κ3) is 2.69. The number of carbonyl (C=O) groups excluding carboxylic acids is 2. The van der Waals surface area contributed by atoms with Gasteiger partial charge in [-0.3, -0.25) is 19.4 Å². The fourth-order valence-corrected chi connectivity index (χ4v) is 3.19. The number of hydrogen-bond donors (Lipinski definition) is 0. The minimum absolute atomic E-state index is 0.117. The summed E-state index contributed by atoms with van der Waals surface area (Å²) < 4.78 is 5.68. The Hall–Kier alpha value is -1.43. The number of ketones is 1. The highest BCUT2D eigenvalue weighted by Crippen LogP contribution is 2.31. The second-order valence-electron chi connectivity index (χ2n) is 5.66. The highest BCUT2D eigenvalue weighted by molar-refractivity contribution is 6.52. The Bertz CT molecular complexity index is 595. The predicted molar refractivity (Wildman–Crippen MR) is 79.7 cm³/mol. The summed E-state index contributed by atoms with van der Waals surface area (Å²) >= 11 is 5.91. The molecule has 2 atom stereocenters. The molecule has 0 aliphatic carbocycles. The fraction of sp³-hybridized carbons (Fsp3) is 0.467. The molecule has 0 radical (unpaired) electrons. The second-order valence-corrected chi connectivity index (χ2v) is 6.09. The quantitative estimate of drug-likeness (QED) is 0.784. The van der Waals surface area contributed by atoms with E-state index in [-0.39, 0.29) is 12.2 Å². The first-order valence-corrected chi connectivity index (χ1v) is 7.37. The van der Waals surface area contributed by atoms with Crippen molar-refractivity contribution < 1.29 is 14.3 Å². The molecule has 6 heteroatoms. The molecule has 3 rings (SSSR count). The van der Waals surface area contributed by atoms with Crippen LogP contribution in [-0.2, 0) is 9.53 Å². The number of amides is 1. The van der Waals surface area contributed by atoms with Gasteiger partial charge in [0.15, 0.2) is 0 Å². The van der Waals surface area contributed by atoms with E-state index in [1.807, 2.05) is 13.8 Å². The van der Waals surface area contributed by atoms with Crippen LogP contribution in [0.15, 0.2) is 18.2 Å². The first-order valence-electron chi connectivity index (χ1n) is 6.99. The van der Waals surface area contributed by atoms with Gasteiger partial charge in [0.25, 0.3) is 5.78 Å². The van der Waals surface area contributed by atoms with Gasteiger partial charge in [0, 0.05) is 18.1 Å². The van der Waals surface area contributed by atoms with Crippen LogP contribution in [-0.4, -0.2) is 48.6 Å². The Kier molecular flexibility index (Phi) is 3.73. The van der Waals surface area contributed by atoms with Crippen molar-refractivity contribution in [3.8, 4) is 0 Å². The summed E-state index contributed by atoms with van der Waals surface area (Å²) in [5, 5.41) is 0.463. The van der Waals surface area contributed by atoms with Crippen LogP contribution in [0.4, 0.5) is 5.69 Å². The monoisotopic (exact) mass is 308 g/mol. The molecule has 1 aromatic carbocycles. The van der Waals surface area contributed by atoms with E-state index in [0.717, 1.165) is 13.1 Å². The molecule has 2 aliphatic heterocycles. The molecule has 0 unspecified atom stereocenters. The van der Waals surface area contributed by atoms with Gasteiger partial charge in [-0.05, 0) is 32.0 Å². The molecule has 0 N–H and O–H groups in total. The third-order valence-corrected chi connectivity index (χ3v) is 4.01. The molecule has 0 saturated carbocycles. The number of ether oxygens (including phenoxy) is 1. The van der Waals surface area contributed by atoms with Crippen LogP contribution in [0.2, 0.25) is 5.02 Å². The van der Waals surface area contributed by atoms with E-state index in [2.05, 4.69) is 4.90 Å². The lowest BCUT2D eigenvalue weighted by atomic mass is 10.1. The standard InChI is InChI=1S/C15H17ClN2O3/c1-9-6-17(7-10(2)21-9)8-18-13-4-3-11(16)5-12(13)14(19)15(18)20/h3-5,9-10H,6-8H2,1-2H3/t9-,10-/m0/s1. The number of hydrogen-bond acceptors (Lipinski definition) is 4. The Balaban J connectivity index is 1.83. The molecule has 2 heterocycles. The highest BCUT2D eigenvalue weighted by atomic mass is 35.5. The lowest BCUT2D eigenvalue weighted by Crippen LogP contribution is -2.50. The molecule has 1 saturated heterocycles. The van der Waals surface area contributed by atoms with Gasteiger partial charge in [-0.25, -0.2) is 0 Å². The molecule has 1 fully saturated rings. The number of morpholine rings is 1. The summed E-state index contributed by atoms with van der Waals surface area (Å²) in [7, 11) is 0. The van der Waals surface area contributed by atoms with Crippen molar-refractivity contribution >= 4 is 29.0 Å². The molecule has 1 aromatic rings. The van der Waals surface area contributed by atoms with Crippen LogP contribution in [0.5, 0.6) is 0 Å².